The van der Waals surface area contributed by atoms with Crippen molar-refractivity contribution in [3.8, 4) is 0 Å². The van der Waals surface area contributed by atoms with Gasteiger partial charge in [-0.15, -0.1) is 6.58 Å². The van der Waals surface area contributed by atoms with Crippen LogP contribution in [-0.4, -0.2) is 54.3 Å². The molecule has 2 aromatic carbocycles. The van der Waals surface area contributed by atoms with Gasteiger partial charge in [-0.1, -0.05) is 18.2 Å². The smallest absolute Gasteiger partial charge is 0.259 e. The number of hydrogen-bond acceptors (Lipinski definition) is 3. The minimum absolute atomic E-state index is 0.0172. The van der Waals surface area contributed by atoms with Gasteiger partial charge in [0.2, 0.25) is 5.91 Å². The molecular formula is C25H28FN3O2. The van der Waals surface area contributed by atoms with E-state index in [4.69, 9.17) is 0 Å². The predicted molar refractivity (Wildman–Crippen MR) is 120 cm³/mol. The largest absolute Gasteiger partial charge is 0.340 e. The fourth-order valence-electron chi connectivity index (χ4n) is 4.49. The van der Waals surface area contributed by atoms with Gasteiger partial charge in [0.1, 0.15) is 5.82 Å². The van der Waals surface area contributed by atoms with Gasteiger partial charge in [0, 0.05) is 44.0 Å². The van der Waals surface area contributed by atoms with Crippen molar-refractivity contribution in [3.63, 3.8) is 0 Å². The normalized spacial score (nSPS) is 18.9. The first kappa shape index (κ1) is 21.2. The van der Waals surface area contributed by atoms with Crippen LogP contribution in [0, 0.1) is 19.7 Å². The third-order valence-electron chi connectivity index (χ3n) is 6.35. The molecule has 1 fully saturated rings. The quantitative estimate of drug-likeness (QED) is 0.689. The van der Waals surface area contributed by atoms with E-state index in [-0.39, 0.29) is 18.2 Å². The number of nitrogens with zero attached hydrogens (tertiary/aromatic N) is 3. The maximum absolute atomic E-state index is 14.0. The Morgan fingerprint density at radius 2 is 1.84 bits per heavy atom. The molecule has 2 aromatic rings. The van der Waals surface area contributed by atoms with Crippen LogP contribution in [-0.2, 0) is 4.79 Å². The molecule has 0 aliphatic carbocycles. The van der Waals surface area contributed by atoms with Gasteiger partial charge < -0.3 is 9.80 Å². The first-order valence-corrected chi connectivity index (χ1v) is 10.7. The molecule has 2 heterocycles. The van der Waals surface area contributed by atoms with Crippen molar-refractivity contribution in [2.24, 2.45) is 0 Å². The summed E-state index contributed by atoms with van der Waals surface area (Å²) in [4.78, 5) is 32.2. The van der Waals surface area contributed by atoms with Crippen molar-refractivity contribution in [1.82, 2.24) is 9.80 Å². The van der Waals surface area contributed by atoms with E-state index < -0.39 is 11.9 Å². The molecule has 1 atom stereocenters. The summed E-state index contributed by atoms with van der Waals surface area (Å²) in [6, 6.07) is 9.47. The van der Waals surface area contributed by atoms with E-state index in [1.54, 1.807) is 17.0 Å². The van der Waals surface area contributed by atoms with Crippen LogP contribution in [0.15, 0.2) is 49.1 Å². The molecule has 0 spiro atoms. The summed E-state index contributed by atoms with van der Waals surface area (Å²) in [6.07, 6.45) is 2.05. The van der Waals surface area contributed by atoms with Crippen LogP contribution in [0.3, 0.4) is 0 Å². The molecule has 0 aromatic heterocycles. The lowest BCUT2D eigenvalue weighted by atomic mass is 9.96. The lowest BCUT2D eigenvalue weighted by Gasteiger charge is -2.35. The number of carbonyl (C=O) groups is 2. The SMILES string of the molecule is C=CCN1CCN(C(=O)CC2c3cc(C)c(C)cc3C(=O)N2c2cccc(F)c2)CC1. The Bertz CT molecular complexity index is 1030. The average Bonchev–Trinajstić information content (AvgIpc) is 3.00. The van der Waals surface area contributed by atoms with Crippen LogP contribution in [0.25, 0.3) is 0 Å². The number of halogens is 1. The Kier molecular flexibility index (Phi) is 5.92. The highest BCUT2D eigenvalue weighted by atomic mass is 19.1. The molecule has 0 radical (unpaired) electrons. The number of amides is 2. The van der Waals surface area contributed by atoms with Crippen LogP contribution >= 0.6 is 0 Å². The molecule has 4 rings (SSSR count). The van der Waals surface area contributed by atoms with Gasteiger partial charge in [-0.2, -0.15) is 0 Å². The molecule has 0 saturated carbocycles. The van der Waals surface area contributed by atoms with Gasteiger partial charge in [-0.3, -0.25) is 14.5 Å². The molecule has 162 valence electrons. The van der Waals surface area contributed by atoms with Crippen molar-refractivity contribution in [2.45, 2.75) is 26.3 Å². The summed E-state index contributed by atoms with van der Waals surface area (Å²) in [5, 5.41) is 0. The first-order valence-electron chi connectivity index (χ1n) is 10.7. The highest BCUT2D eigenvalue weighted by Gasteiger charge is 2.40. The van der Waals surface area contributed by atoms with E-state index in [1.807, 2.05) is 37.0 Å². The summed E-state index contributed by atoms with van der Waals surface area (Å²) >= 11 is 0. The van der Waals surface area contributed by atoms with Crippen LogP contribution in [0.4, 0.5) is 10.1 Å². The summed E-state index contributed by atoms with van der Waals surface area (Å²) in [7, 11) is 0. The van der Waals surface area contributed by atoms with Gasteiger partial charge in [-0.25, -0.2) is 4.39 Å². The average molecular weight is 422 g/mol. The van der Waals surface area contributed by atoms with Gasteiger partial charge in [-0.05, 0) is 54.8 Å². The summed E-state index contributed by atoms with van der Waals surface area (Å²) in [6.45, 7) is 11.5. The highest BCUT2D eigenvalue weighted by molar-refractivity contribution is 6.11. The van der Waals surface area contributed by atoms with Crippen molar-refractivity contribution >= 4 is 17.5 Å². The lowest BCUT2D eigenvalue weighted by molar-refractivity contribution is -0.133. The van der Waals surface area contributed by atoms with Crippen LogP contribution in [0.1, 0.15) is 39.5 Å². The van der Waals surface area contributed by atoms with Crippen molar-refractivity contribution in [3.05, 3.63) is 77.1 Å². The van der Waals surface area contributed by atoms with Crippen molar-refractivity contribution in [2.75, 3.05) is 37.6 Å². The van der Waals surface area contributed by atoms with Crippen molar-refractivity contribution in [1.29, 1.82) is 0 Å². The summed E-state index contributed by atoms with van der Waals surface area (Å²) in [5.74, 6) is -0.571. The Balaban J connectivity index is 1.63. The Morgan fingerprint density at radius 3 is 2.52 bits per heavy atom. The number of anilines is 1. The maximum Gasteiger partial charge on any atom is 0.259 e. The Morgan fingerprint density at radius 1 is 1.13 bits per heavy atom. The molecule has 5 nitrogen and oxygen atoms in total. The van der Waals surface area contributed by atoms with E-state index in [1.165, 1.54) is 12.1 Å². The van der Waals surface area contributed by atoms with Gasteiger partial charge in [0.05, 0.1) is 12.5 Å². The van der Waals surface area contributed by atoms with E-state index in [0.717, 1.165) is 36.3 Å². The van der Waals surface area contributed by atoms with Crippen LogP contribution in [0.5, 0.6) is 0 Å². The summed E-state index contributed by atoms with van der Waals surface area (Å²) < 4.78 is 14.0. The van der Waals surface area contributed by atoms with E-state index in [2.05, 4.69) is 11.5 Å². The third-order valence-corrected chi connectivity index (χ3v) is 6.35. The standard InChI is InChI=1S/C25H28FN3O2/c1-4-8-27-9-11-28(12-10-27)24(30)16-23-21-13-17(2)18(3)14-22(21)25(31)29(23)20-7-5-6-19(26)15-20/h4-7,13-15,23H,1,8-12,16H2,2-3H3. The molecule has 1 saturated heterocycles. The highest BCUT2D eigenvalue weighted by Crippen LogP contribution is 2.41. The monoisotopic (exact) mass is 421 g/mol. The molecule has 6 heteroatoms. The van der Waals surface area contributed by atoms with Gasteiger partial charge in [0.25, 0.3) is 5.91 Å². The zero-order valence-electron chi connectivity index (χ0n) is 18.1. The lowest BCUT2D eigenvalue weighted by Crippen LogP contribution is -2.49. The first-order chi connectivity index (χ1) is 14.9. The fraction of sp³-hybridized carbons (Fsp3) is 0.360. The van der Waals surface area contributed by atoms with E-state index in [9.17, 15) is 14.0 Å². The van der Waals surface area contributed by atoms with Crippen molar-refractivity contribution < 1.29 is 14.0 Å². The van der Waals surface area contributed by atoms with E-state index in [0.29, 0.717) is 24.3 Å². The number of benzene rings is 2. The number of rotatable bonds is 5. The van der Waals surface area contributed by atoms with Gasteiger partial charge in [0.15, 0.2) is 0 Å². The topological polar surface area (TPSA) is 43.9 Å². The van der Waals surface area contributed by atoms with Crippen LogP contribution < -0.4 is 4.90 Å². The van der Waals surface area contributed by atoms with Crippen LogP contribution in [0.2, 0.25) is 0 Å². The summed E-state index contributed by atoms with van der Waals surface area (Å²) in [5.41, 5.74) is 4.02. The second kappa shape index (κ2) is 8.63. The fourth-order valence-corrected chi connectivity index (χ4v) is 4.49. The zero-order valence-corrected chi connectivity index (χ0v) is 18.1. The van der Waals surface area contributed by atoms with E-state index >= 15 is 0 Å². The molecule has 0 bridgehead atoms. The van der Waals surface area contributed by atoms with Gasteiger partial charge >= 0.3 is 0 Å². The molecule has 2 amide bonds. The number of aryl methyl sites for hydroxylation is 2. The minimum atomic E-state index is -0.442. The number of fused-ring (bicyclic) bond motifs is 1. The number of carbonyl (C=O) groups excluding carboxylic acids is 2. The molecule has 0 N–H and O–H groups in total. The number of piperazine rings is 1. The molecule has 31 heavy (non-hydrogen) atoms. The second-order valence-electron chi connectivity index (χ2n) is 8.37. The molecule has 2 aliphatic rings. The molecular weight excluding hydrogens is 393 g/mol. The molecule has 1 unspecified atom stereocenters. The predicted octanol–water partition coefficient (Wildman–Crippen LogP) is 3.86. The zero-order chi connectivity index (χ0) is 22.1. The maximum atomic E-state index is 14.0. The number of hydrogen-bond donors (Lipinski definition) is 0. The minimum Gasteiger partial charge on any atom is -0.340 e. The Labute approximate surface area is 182 Å². The molecule has 2 aliphatic heterocycles. The Hall–Kier alpha value is -2.99. The third kappa shape index (κ3) is 4.12. The second-order valence-corrected chi connectivity index (χ2v) is 8.37.